The lowest BCUT2D eigenvalue weighted by Gasteiger charge is -2.20. The van der Waals surface area contributed by atoms with Crippen LogP contribution in [0.15, 0.2) is 42.5 Å². The molecule has 2 rings (SSSR count). The Labute approximate surface area is 149 Å². The van der Waals surface area contributed by atoms with Crippen molar-refractivity contribution in [2.75, 3.05) is 19.8 Å². The highest BCUT2D eigenvalue weighted by Gasteiger charge is 2.17. The van der Waals surface area contributed by atoms with Crippen molar-refractivity contribution in [1.82, 2.24) is 0 Å². The quantitative estimate of drug-likeness (QED) is 0.707. The van der Waals surface area contributed by atoms with Gasteiger partial charge in [-0.25, -0.2) is 0 Å². The fourth-order valence-electron chi connectivity index (χ4n) is 2.71. The Hall–Kier alpha value is -1.71. The van der Waals surface area contributed by atoms with Crippen LogP contribution in [0.3, 0.4) is 0 Å². The van der Waals surface area contributed by atoms with Crippen LogP contribution in [0, 0.1) is 0 Å². The summed E-state index contributed by atoms with van der Waals surface area (Å²) >= 11 is 6.19. The van der Waals surface area contributed by atoms with Gasteiger partial charge in [-0.15, -0.1) is 0 Å². The van der Waals surface area contributed by atoms with Gasteiger partial charge in [-0.3, -0.25) is 0 Å². The third-order valence-electron chi connectivity index (χ3n) is 3.85. The molecular formula is C20H26ClNO2. The molecule has 130 valence electrons. The highest BCUT2D eigenvalue weighted by molar-refractivity contribution is 6.30. The molecule has 0 saturated carbocycles. The molecule has 2 N–H and O–H groups in total. The molecule has 0 aromatic heterocycles. The van der Waals surface area contributed by atoms with Gasteiger partial charge in [0.1, 0.15) is 11.5 Å². The average molecular weight is 348 g/mol. The molecule has 0 aliphatic carbocycles. The zero-order valence-corrected chi connectivity index (χ0v) is 15.2. The van der Waals surface area contributed by atoms with E-state index in [1.165, 1.54) is 5.56 Å². The molecule has 0 heterocycles. The number of hydrogen-bond acceptors (Lipinski definition) is 3. The lowest BCUT2D eigenvalue weighted by molar-refractivity contribution is 0.317. The Kier molecular flexibility index (Phi) is 7.41. The van der Waals surface area contributed by atoms with Crippen molar-refractivity contribution in [3.8, 4) is 11.5 Å². The Morgan fingerprint density at radius 2 is 1.92 bits per heavy atom. The Morgan fingerprint density at radius 1 is 1.08 bits per heavy atom. The highest BCUT2D eigenvalue weighted by Crippen LogP contribution is 2.32. The first kappa shape index (κ1) is 18.6. The summed E-state index contributed by atoms with van der Waals surface area (Å²) in [5.74, 6) is 1.91. The molecule has 2 aromatic rings. The number of benzene rings is 2. The maximum atomic E-state index is 6.19. The van der Waals surface area contributed by atoms with Crippen LogP contribution in [0.25, 0.3) is 0 Å². The first-order chi connectivity index (χ1) is 11.7. The van der Waals surface area contributed by atoms with Crippen LogP contribution in [0.2, 0.25) is 5.02 Å². The van der Waals surface area contributed by atoms with Gasteiger partial charge in [0.05, 0.1) is 13.2 Å². The molecule has 0 bridgehead atoms. The van der Waals surface area contributed by atoms with Crippen molar-refractivity contribution >= 4 is 11.6 Å². The van der Waals surface area contributed by atoms with Gasteiger partial charge in [-0.2, -0.15) is 0 Å². The third-order valence-corrected chi connectivity index (χ3v) is 4.08. The summed E-state index contributed by atoms with van der Waals surface area (Å²) in [6.07, 6.45) is 1.82. The fourth-order valence-corrected chi connectivity index (χ4v) is 2.89. The zero-order chi connectivity index (χ0) is 17.4. The van der Waals surface area contributed by atoms with E-state index in [4.69, 9.17) is 26.8 Å². The first-order valence-corrected chi connectivity index (χ1v) is 8.89. The largest absolute Gasteiger partial charge is 0.494 e. The third kappa shape index (κ3) is 5.15. The van der Waals surface area contributed by atoms with Crippen molar-refractivity contribution in [2.45, 2.75) is 32.6 Å². The van der Waals surface area contributed by atoms with Crippen molar-refractivity contribution in [1.29, 1.82) is 0 Å². The lowest BCUT2D eigenvalue weighted by Crippen LogP contribution is -2.16. The maximum Gasteiger partial charge on any atom is 0.122 e. The van der Waals surface area contributed by atoms with E-state index in [2.05, 4.69) is 19.1 Å². The smallest absolute Gasteiger partial charge is 0.122 e. The number of hydrogen-bond donors (Lipinski definition) is 1. The molecule has 2 aromatic carbocycles. The minimum atomic E-state index is 0.145. The summed E-state index contributed by atoms with van der Waals surface area (Å²) in [6, 6.07) is 13.9. The molecular weight excluding hydrogens is 322 g/mol. The van der Waals surface area contributed by atoms with Crippen LogP contribution < -0.4 is 15.2 Å². The van der Waals surface area contributed by atoms with Gasteiger partial charge in [0.2, 0.25) is 0 Å². The number of rotatable bonds is 9. The normalized spacial score (nSPS) is 12.0. The van der Waals surface area contributed by atoms with Crippen LogP contribution >= 0.6 is 11.6 Å². The summed E-state index contributed by atoms with van der Waals surface area (Å²) in [4.78, 5) is 0. The number of nitrogens with two attached hydrogens (primary N) is 1. The van der Waals surface area contributed by atoms with E-state index < -0.39 is 0 Å². The second-order valence-corrected chi connectivity index (χ2v) is 6.18. The van der Waals surface area contributed by atoms with Crippen molar-refractivity contribution in [2.24, 2.45) is 5.73 Å². The summed E-state index contributed by atoms with van der Waals surface area (Å²) in [6.45, 7) is 5.95. The van der Waals surface area contributed by atoms with E-state index in [-0.39, 0.29) is 5.92 Å². The predicted octanol–water partition coefficient (Wildman–Crippen LogP) is 4.81. The maximum absolute atomic E-state index is 6.19. The molecule has 0 spiro atoms. The summed E-state index contributed by atoms with van der Waals surface area (Å²) in [7, 11) is 0. The van der Waals surface area contributed by atoms with Gasteiger partial charge in [-0.1, -0.05) is 30.7 Å². The summed E-state index contributed by atoms with van der Waals surface area (Å²) in [5, 5.41) is 0.701. The Balaban J connectivity index is 2.22. The predicted molar refractivity (Wildman–Crippen MR) is 100 cm³/mol. The topological polar surface area (TPSA) is 44.5 Å². The Morgan fingerprint density at radius 3 is 2.62 bits per heavy atom. The zero-order valence-electron chi connectivity index (χ0n) is 14.4. The highest BCUT2D eigenvalue weighted by atomic mass is 35.5. The second-order valence-electron chi connectivity index (χ2n) is 5.75. The van der Waals surface area contributed by atoms with Crippen molar-refractivity contribution in [3.05, 3.63) is 58.6 Å². The van der Waals surface area contributed by atoms with E-state index >= 15 is 0 Å². The minimum absolute atomic E-state index is 0.145. The molecule has 0 radical (unpaired) electrons. The Bertz CT molecular complexity index is 645. The molecule has 1 atom stereocenters. The van der Waals surface area contributed by atoms with E-state index in [0.29, 0.717) is 18.2 Å². The summed E-state index contributed by atoms with van der Waals surface area (Å²) < 4.78 is 11.5. The SMILES string of the molecule is CCCOc1cccc(CC(CN)c2cc(Cl)ccc2OCC)c1. The molecule has 0 saturated heterocycles. The van der Waals surface area contributed by atoms with Crippen LogP contribution in [-0.2, 0) is 6.42 Å². The van der Waals surface area contributed by atoms with E-state index in [0.717, 1.165) is 36.5 Å². The van der Waals surface area contributed by atoms with Crippen LogP contribution in [-0.4, -0.2) is 19.8 Å². The van der Waals surface area contributed by atoms with Crippen molar-refractivity contribution < 1.29 is 9.47 Å². The van der Waals surface area contributed by atoms with E-state index in [9.17, 15) is 0 Å². The molecule has 3 nitrogen and oxygen atoms in total. The van der Waals surface area contributed by atoms with Gasteiger partial charge >= 0.3 is 0 Å². The first-order valence-electron chi connectivity index (χ1n) is 8.52. The second kappa shape index (κ2) is 9.55. The minimum Gasteiger partial charge on any atom is -0.494 e. The van der Waals surface area contributed by atoms with E-state index in [1.807, 2.05) is 37.3 Å². The summed E-state index contributed by atoms with van der Waals surface area (Å²) in [5.41, 5.74) is 8.31. The fraction of sp³-hybridized carbons (Fsp3) is 0.400. The van der Waals surface area contributed by atoms with Gasteiger partial charge in [-0.05, 0) is 62.2 Å². The molecule has 0 aliphatic rings. The standard InChI is InChI=1S/C20H26ClNO2/c1-3-10-24-18-7-5-6-15(12-18)11-16(14-22)19-13-17(21)8-9-20(19)23-4-2/h5-9,12-13,16H,3-4,10-11,14,22H2,1-2H3. The van der Waals surface area contributed by atoms with Crippen LogP contribution in [0.5, 0.6) is 11.5 Å². The van der Waals surface area contributed by atoms with Gasteiger partial charge < -0.3 is 15.2 Å². The molecule has 4 heteroatoms. The van der Waals surface area contributed by atoms with Crippen molar-refractivity contribution in [3.63, 3.8) is 0 Å². The molecule has 0 aliphatic heterocycles. The molecule has 0 fully saturated rings. The monoisotopic (exact) mass is 347 g/mol. The lowest BCUT2D eigenvalue weighted by atomic mass is 9.91. The van der Waals surface area contributed by atoms with Gasteiger partial charge in [0.25, 0.3) is 0 Å². The number of halogens is 1. The van der Waals surface area contributed by atoms with Crippen LogP contribution in [0.1, 0.15) is 37.3 Å². The molecule has 0 amide bonds. The molecule has 24 heavy (non-hydrogen) atoms. The average Bonchev–Trinajstić information content (AvgIpc) is 2.60. The van der Waals surface area contributed by atoms with E-state index in [1.54, 1.807) is 0 Å². The number of ether oxygens (including phenoxy) is 2. The van der Waals surface area contributed by atoms with Gasteiger partial charge in [0, 0.05) is 16.5 Å². The van der Waals surface area contributed by atoms with Gasteiger partial charge in [0.15, 0.2) is 0 Å². The van der Waals surface area contributed by atoms with Crippen LogP contribution in [0.4, 0.5) is 0 Å². The molecule has 1 unspecified atom stereocenters.